The molecule has 0 bridgehead atoms. The summed E-state index contributed by atoms with van der Waals surface area (Å²) in [5, 5.41) is -0.220. The van der Waals surface area contributed by atoms with Crippen LogP contribution in [-0.2, 0) is 16.6 Å². The van der Waals surface area contributed by atoms with E-state index < -0.39 is 15.8 Å². The Kier molecular flexibility index (Phi) is 4.58. The Morgan fingerprint density at radius 2 is 2.08 bits per heavy atom. The second-order valence-corrected chi connectivity index (χ2v) is 7.53. The van der Waals surface area contributed by atoms with E-state index in [0.29, 0.717) is 0 Å². The fourth-order valence-corrected chi connectivity index (χ4v) is 4.13. The van der Waals surface area contributed by atoms with E-state index in [1.807, 2.05) is 28.8 Å². The molecule has 0 unspecified atom stereocenters. The molecular weight excluding hydrogens is 353 g/mol. The van der Waals surface area contributed by atoms with Crippen LogP contribution in [0.25, 0.3) is 5.65 Å². The third-order valence-corrected chi connectivity index (χ3v) is 5.92. The highest BCUT2D eigenvalue weighted by Crippen LogP contribution is 2.23. The van der Waals surface area contributed by atoms with Gasteiger partial charge in [-0.15, -0.1) is 0 Å². The number of pyridine rings is 1. The SMILES string of the molecule is CCN(Cc1cnc2ccccn12)S(=O)(=O)c1ccc(F)c(Cl)c1. The quantitative estimate of drug-likeness (QED) is 0.695. The molecule has 0 radical (unpaired) electrons. The molecule has 0 spiro atoms. The highest BCUT2D eigenvalue weighted by molar-refractivity contribution is 7.89. The predicted octanol–water partition coefficient (Wildman–Crippen LogP) is 3.34. The van der Waals surface area contributed by atoms with E-state index in [1.54, 1.807) is 13.1 Å². The molecule has 0 atom stereocenters. The van der Waals surface area contributed by atoms with Crippen LogP contribution in [0.15, 0.2) is 53.7 Å². The Hall–Kier alpha value is -1.96. The summed E-state index contributed by atoms with van der Waals surface area (Å²) >= 11 is 5.72. The van der Waals surface area contributed by atoms with Crippen LogP contribution < -0.4 is 0 Å². The number of aromatic nitrogens is 2. The summed E-state index contributed by atoms with van der Waals surface area (Å²) in [5.41, 5.74) is 1.48. The Morgan fingerprint density at radius 3 is 2.79 bits per heavy atom. The van der Waals surface area contributed by atoms with Crippen molar-refractivity contribution in [2.45, 2.75) is 18.4 Å². The van der Waals surface area contributed by atoms with E-state index in [9.17, 15) is 12.8 Å². The molecule has 1 aromatic carbocycles. The highest BCUT2D eigenvalue weighted by atomic mass is 35.5. The van der Waals surface area contributed by atoms with Crippen molar-refractivity contribution in [2.75, 3.05) is 6.54 Å². The standard InChI is InChI=1S/C16H15ClFN3O2S/c1-2-20(11-12-10-19-16-5-3-4-8-21(12)16)24(22,23)13-6-7-15(18)14(17)9-13/h3-10H,2,11H2,1H3. The maximum absolute atomic E-state index is 13.3. The number of sulfonamides is 1. The largest absolute Gasteiger partial charge is 0.303 e. The molecule has 0 saturated carbocycles. The van der Waals surface area contributed by atoms with Crippen LogP contribution in [0, 0.1) is 5.82 Å². The third kappa shape index (κ3) is 3.02. The first-order valence-corrected chi connectivity index (χ1v) is 9.11. The Morgan fingerprint density at radius 1 is 1.29 bits per heavy atom. The molecule has 0 saturated heterocycles. The summed E-state index contributed by atoms with van der Waals surface area (Å²) in [7, 11) is -3.79. The van der Waals surface area contributed by atoms with Gasteiger partial charge in [0, 0.05) is 12.7 Å². The molecular formula is C16H15ClFN3O2S. The molecule has 0 N–H and O–H groups in total. The van der Waals surface area contributed by atoms with Gasteiger partial charge >= 0.3 is 0 Å². The van der Waals surface area contributed by atoms with Gasteiger partial charge in [-0.05, 0) is 30.3 Å². The van der Waals surface area contributed by atoms with Gasteiger partial charge in [-0.2, -0.15) is 4.31 Å². The minimum Gasteiger partial charge on any atom is -0.303 e. The van der Waals surface area contributed by atoms with Gasteiger partial charge < -0.3 is 4.40 Å². The van der Waals surface area contributed by atoms with Gasteiger partial charge in [-0.3, -0.25) is 0 Å². The van der Waals surface area contributed by atoms with Gasteiger partial charge in [0.25, 0.3) is 0 Å². The van der Waals surface area contributed by atoms with Crippen LogP contribution in [0.4, 0.5) is 4.39 Å². The molecule has 2 aromatic heterocycles. The summed E-state index contributed by atoms with van der Waals surface area (Å²) in [6, 6.07) is 8.95. The van der Waals surface area contributed by atoms with Crippen LogP contribution in [0.3, 0.4) is 0 Å². The number of nitrogens with zero attached hydrogens (tertiary/aromatic N) is 3. The van der Waals surface area contributed by atoms with Gasteiger partial charge in [-0.1, -0.05) is 24.6 Å². The van der Waals surface area contributed by atoms with Crippen LogP contribution in [-0.4, -0.2) is 28.7 Å². The van der Waals surface area contributed by atoms with Gasteiger partial charge in [0.05, 0.1) is 28.4 Å². The van der Waals surface area contributed by atoms with Crippen LogP contribution >= 0.6 is 11.6 Å². The number of hydrogen-bond acceptors (Lipinski definition) is 3. The summed E-state index contributed by atoms with van der Waals surface area (Å²) in [4.78, 5) is 4.22. The van der Waals surface area contributed by atoms with Crippen LogP contribution in [0.2, 0.25) is 5.02 Å². The Bertz CT molecular complexity index is 988. The second kappa shape index (κ2) is 6.51. The average molecular weight is 368 g/mol. The topological polar surface area (TPSA) is 54.7 Å². The number of rotatable bonds is 5. The Balaban J connectivity index is 1.96. The van der Waals surface area contributed by atoms with Gasteiger partial charge in [0.2, 0.25) is 10.0 Å². The second-order valence-electron chi connectivity index (χ2n) is 5.19. The normalized spacial score (nSPS) is 12.2. The van der Waals surface area contributed by atoms with E-state index in [1.165, 1.54) is 10.4 Å². The van der Waals surface area contributed by atoms with Crippen molar-refractivity contribution in [1.82, 2.24) is 13.7 Å². The Labute approximate surface area is 144 Å². The summed E-state index contributed by atoms with van der Waals surface area (Å²) < 4.78 is 42.0. The van der Waals surface area contributed by atoms with Crippen LogP contribution in [0.1, 0.15) is 12.6 Å². The molecule has 0 aliphatic heterocycles. The number of imidazole rings is 1. The first kappa shape index (κ1) is 16.9. The van der Waals surface area contributed by atoms with Gasteiger partial charge in [-0.25, -0.2) is 17.8 Å². The monoisotopic (exact) mass is 367 g/mol. The predicted molar refractivity (Wildman–Crippen MR) is 89.9 cm³/mol. The first-order valence-electron chi connectivity index (χ1n) is 7.29. The molecule has 0 aliphatic carbocycles. The van der Waals surface area contributed by atoms with Crippen molar-refractivity contribution in [3.8, 4) is 0 Å². The molecule has 0 amide bonds. The summed E-state index contributed by atoms with van der Waals surface area (Å²) in [6.45, 7) is 2.16. The smallest absolute Gasteiger partial charge is 0.243 e. The number of halogens is 2. The molecule has 0 aliphatic rings. The lowest BCUT2D eigenvalue weighted by atomic mass is 10.3. The number of hydrogen-bond donors (Lipinski definition) is 0. The van der Waals surface area contributed by atoms with Gasteiger partial charge in [0.15, 0.2) is 0 Å². The zero-order chi connectivity index (χ0) is 17.3. The fraction of sp³-hybridized carbons (Fsp3) is 0.188. The van der Waals surface area contributed by atoms with E-state index in [0.717, 1.165) is 23.5 Å². The lowest BCUT2D eigenvalue weighted by Gasteiger charge is -2.20. The van der Waals surface area contributed by atoms with E-state index in [-0.39, 0.29) is 23.0 Å². The maximum Gasteiger partial charge on any atom is 0.243 e. The minimum absolute atomic E-state index is 0.0374. The molecule has 126 valence electrons. The lowest BCUT2D eigenvalue weighted by molar-refractivity contribution is 0.418. The van der Waals surface area contributed by atoms with E-state index in [4.69, 9.17) is 11.6 Å². The average Bonchev–Trinajstić information content (AvgIpc) is 2.98. The summed E-state index contributed by atoms with van der Waals surface area (Å²) in [6.07, 6.45) is 3.47. The molecule has 0 fully saturated rings. The lowest BCUT2D eigenvalue weighted by Crippen LogP contribution is -2.31. The van der Waals surface area contributed by atoms with Crippen LogP contribution in [0.5, 0.6) is 0 Å². The minimum atomic E-state index is -3.79. The zero-order valence-electron chi connectivity index (χ0n) is 12.9. The van der Waals surface area contributed by atoms with Crippen molar-refractivity contribution < 1.29 is 12.8 Å². The van der Waals surface area contributed by atoms with Crippen molar-refractivity contribution in [3.05, 3.63) is 65.3 Å². The third-order valence-electron chi connectivity index (χ3n) is 3.71. The van der Waals surface area contributed by atoms with E-state index in [2.05, 4.69) is 4.98 Å². The highest BCUT2D eigenvalue weighted by Gasteiger charge is 2.25. The van der Waals surface area contributed by atoms with Gasteiger partial charge in [0.1, 0.15) is 11.5 Å². The summed E-state index contributed by atoms with van der Waals surface area (Å²) in [5.74, 6) is -0.652. The van der Waals surface area contributed by atoms with Crippen molar-refractivity contribution in [3.63, 3.8) is 0 Å². The zero-order valence-corrected chi connectivity index (χ0v) is 14.4. The molecule has 3 aromatic rings. The molecule has 2 heterocycles. The van der Waals surface area contributed by atoms with Crippen molar-refractivity contribution >= 4 is 27.3 Å². The molecule has 24 heavy (non-hydrogen) atoms. The number of fused-ring (bicyclic) bond motifs is 1. The molecule has 5 nitrogen and oxygen atoms in total. The number of benzene rings is 1. The first-order chi connectivity index (χ1) is 11.4. The van der Waals surface area contributed by atoms with Crippen molar-refractivity contribution in [1.29, 1.82) is 0 Å². The fourth-order valence-electron chi connectivity index (χ4n) is 2.44. The maximum atomic E-state index is 13.3. The van der Waals surface area contributed by atoms with E-state index >= 15 is 0 Å². The molecule has 3 rings (SSSR count). The van der Waals surface area contributed by atoms with Crippen molar-refractivity contribution in [2.24, 2.45) is 0 Å². The molecule has 8 heteroatoms.